The first-order valence-corrected chi connectivity index (χ1v) is 9.44. The van der Waals surface area contributed by atoms with Crippen LogP contribution in [0.5, 0.6) is 0 Å². The molecule has 0 spiro atoms. The Morgan fingerprint density at radius 3 is 3.00 bits per heavy atom. The van der Waals surface area contributed by atoms with E-state index in [4.69, 9.17) is 9.26 Å². The Morgan fingerprint density at radius 2 is 2.14 bits per heavy atom. The summed E-state index contributed by atoms with van der Waals surface area (Å²) in [7, 11) is 0. The zero-order chi connectivity index (χ0) is 19.8. The normalized spacial score (nSPS) is 16.4. The van der Waals surface area contributed by atoms with Crippen LogP contribution in [-0.4, -0.2) is 32.9 Å². The van der Waals surface area contributed by atoms with E-state index in [1.807, 2.05) is 31.2 Å². The minimum Gasteiger partial charge on any atom is -0.381 e. The Kier molecular flexibility index (Phi) is 4.33. The average molecular weight is 389 g/mol. The van der Waals surface area contributed by atoms with Gasteiger partial charge in [-0.05, 0) is 48.3 Å². The Labute approximate surface area is 166 Å². The van der Waals surface area contributed by atoms with Gasteiger partial charge in [0.1, 0.15) is 0 Å². The topological polar surface area (TPSA) is 95.1 Å². The smallest absolute Gasteiger partial charge is 0.267 e. The van der Waals surface area contributed by atoms with Crippen molar-refractivity contribution >= 4 is 22.5 Å². The number of ether oxygens (including phenoxy) is 1. The second kappa shape index (κ2) is 7.14. The standard InChI is InChI=1S/C21H19N5O3/c1-13-2-4-16(23-21-24-20(29-25-21)15-7-9-28-12-15)10-18(13)26-17-6-8-22-11-14(17)3-5-19(26)27/h2-6,8,10-11,15H,7,9,12H2,1H3,(H,23,25). The molecule has 29 heavy (non-hydrogen) atoms. The van der Waals surface area contributed by atoms with E-state index in [0.29, 0.717) is 25.1 Å². The fourth-order valence-corrected chi connectivity index (χ4v) is 3.57. The third kappa shape index (κ3) is 3.27. The number of nitrogens with zero attached hydrogens (tertiary/aromatic N) is 4. The number of rotatable bonds is 4. The van der Waals surface area contributed by atoms with Crippen LogP contribution >= 0.6 is 0 Å². The molecule has 1 aliphatic heterocycles. The molecule has 0 amide bonds. The molecule has 146 valence electrons. The van der Waals surface area contributed by atoms with Crippen LogP contribution in [0.4, 0.5) is 11.6 Å². The molecule has 0 radical (unpaired) electrons. The molecule has 1 unspecified atom stereocenters. The van der Waals surface area contributed by atoms with E-state index < -0.39 is 0 Å². The first kappa shape index (κ1) is 17.6. The third-order valence-electron chi connectivity index (χ3n) is 5.12. The number of aromatic nitrogens is 4. The Hall–Kier alpha value is -3.52. The predicted octanol–water partition coefficient (Wildman–Crippen LogP) is 3.32. The number of fused-ring (bicyclic) bond motifs is 1. The molecule has 0 aliphatic carbocycles. The van der Waals surface area contributed by atoms with Crippen molar-refractivity contribution in [3.05, 3.63) is 70.6 Å². The third-order valence-corrected chi connectivity index (χ3v) is 5.12. The van der Waals surface area contributed by atoms with Gasteiger partial charge in [-0.3, -0.25) is 14.3 Å². The Bertz CT molecular complexity index is 1240. The van der Waals surface area contributed by atoms with Gasteiger partial charge >= 0.3 is 0 Å². The lowest BCUT2D eigenvalue weighted by Gasteiger charge is -2.14. The van der Waals surface area contributed by atoms with E-state index in [1.54, 1.807) is 29.1 Å². The molecule has 1 atom stereocenters. The first-order valence-electron chi connectivity index (χ1n) is 9.44. The van der Waals surface area contributed by atoms with Crippen LogP contribution in [0.3, 0.4) is 0 Å². The highest BCUT2D eigenvalue weighted by molar-refractivity contribution is 5.80. The minimum atomic E-state index is -0.105. The van der Waals surface area contributed by atoms with Gasteiger partial charge in [0.05, 0.1) is 23.7 Å². The molecule has 3 aromatic heterocycles. The summed E-state index contributed by atoms with van der Waals surface area (Å²) in [6.45, 7) is 3.29. The van der Waals surface area contributed by atoms with Crippen molar-refractivity contribution in [2.75, 3.05) is 18.5 Å². The number of aryl methyl sites for hydroxylation is 1. The molecule has 1 fully saturated rings. The lowest BCUT2D eigenvalue weighted by atomic mass is 10.1. The molecular formula is C21H19N5O3. The molecule has 8 heteroatoms. The zero-order valence-corrected chi connectivity index (χ0v) is 15.8. The first-order chi connectivity index (χ1) is 14.2. The summed E-state index contributed by atoms with van der Waals surface area (Å²) in [5, 5.41) is 8.08. The monoisotopic (exact) mass is 389 g/mol. The molecule has 1 aromatic carbocycles. The van der Waals surface area contributed by atoms with Crippen molar-refractivity contribution in [3.8, 4) is 5.69 Å². The molecular weight excluding hydrogens is 370 g/mol. The summed E-state index contributed by atoms with van der Waals surface area (Å²) >= 11 is 0. The van der Waals surface area contributed by atoms with Gasteiger partial charge in [0.15, 0.2) is 0 Å². The zero-order valence-electron chi connectivity index (χ0n) is 15.8. The largest absolute Gasteiger partial charge is 0.381 e. The molecule has 1 saturated heterocycles. The van der Waals surface area contributed by atoms with Crippen LogP contribution < -0.4 is 10.9 Å². The van der Waals surface area contributed by atoms with Gasteiger partial charge in [0.25, 0.3) is 11.5 Å². The van der Waals surface area contributed by atoms with Gasteiger partial charge in [-0.15, -0.1) is 0 Å². The minimum absolute atomic E-state index is 0.105. The predicted molar refractivity (Wildman–Crippen MR) is 108 cm³/mol. The number of hydrogen-bond donors (Lipinski definition) is 1. The highest BCUT2D eigenvalue weighted by Gasteiger charge is 2.23. The van der Waals surface area contributed by atoms with Crippen LogP contribution in [0.25, 0.3) is 16.6 Å². The summed E-state index contributed by atoms with van der Waals surface area (Å²) < 4.78 is 12.4. The highest BCUT2D eigenvalue weighted by atomic mass is 16.5. The SMILES string of the molecule is Cc1ccc(Nc2noc(C3CCOC3)n2)cc1-n1c(=O)ccc2cnccc21. The maximum atomic E-state index is 12.7. The molecule has 0 saturated carbocycles. The molecule has 1 N–H and O–H groups in total. The maximum absolute atomic E-state index is 12.7. The van der Waals surface area contributed by atoms with Crippen LogP contribution in [0.2, 0.25) is 0 Å². The molecule has 4 aromatic rings. The van der Waals surface area contributed by atoms with E-state index in [1.165, 1.54) is 0 Å². The van der Waals surface area contributed by atoms with E-state index in [2.05, 4.69) is 20.4 Å². The molecule has 8 nitrogen and oxygen atoms in total. The number of benzene rings is 1. The quantitative estimate of drug-likeness (QED) is 0.572. The Morgan fingerprint density at radius 1 is 1.21 bits per heavy atom. The van der Waals surface area contributed by atoms with Gasteiger partial charge in [-0.1, -0.05) is 6.07 Å². The number of nitrogens with one attached hydrogen (secondary N) is 1. The van der Waals surface area contributed by atoms with Crippen LogP contribution in [0.1, 0.15) is 23.8 Å². The van der Waals surface area contributed by atoms with Crippen molar-refractivity contribution in [2.24, 2.45) is 0 Å². The molecule has 1 aliphatic rings. The van der Waals surface area contributed by atoms with Crippen molar-refractivity contribution in [1.82, 2.24) is 19.7 Å². The molecule has 0 bridgehead atoms. The van der Waals surface area contributed by atoms with Crippen molar-refractivity contribution in [2.45, 2.75) is 19.3 Å². The number of hydrogen-bond acceptors (Lipinski definition) is 7. The fourth-order valence-electron chi connectivity index (χ4n) is 3.57. The van der Waals surface area contributed by atoms with Gasteiger partial charge in [-0.25, -0.2) is 0 Å². The van der Waals surface area contributed by atoms with Crippen LogP contribution in [0.15, 0.2) is 58.1 Å². The van der Waals surface area contributed by atoms with Crippen molar-refractivity contribution in [1.29, 1.82) is 0 Å². The molecule has 5 rings (SSSR count). The summed E-state index contributed by atoms with van der Waals surface area (Å²) in [6.07, 6.45) is 4.31. The van der Waals surface area contributed by atoms with E-state index in [-0.39, 0.29) is 11.5 Å². The summed E-state index contributed by atoms with van der Waals surface area (Å²) in [5.41, 5.74) is 3.21. The average Bonchev–Trinajstić information content (AvgIpc) is 3.42. The summed E-state index contributed by atoms with van der Waals surface area (Å²) in [4.78, 5) is 21.3. The summed E-state index contributed by atoms with van der Waals surface area (Å²) in [5.74, 6) is 1.11. The lowest BCUT2D eigenvalue weighted by Crippen LogP contribution is -2.18. The van der Waals surface area contributed by atoms with Gasteiger partial charge in [0.2, 0.25) is 5.89 Å². The van der Waals surface area contributed by atoms with E-state index in [0.717, 1.165) is 34.3 Å². The fraction of sp³-hybridized carbons (Fsp3) is 0.238. The van der Waals surface area contributed by atoms with Gasteiger partial charge < -0.3 is 14.6 Å². The van der Waals surface area contributed by atoms with Crippen LogP contribution in [0, 0.1) is 6.92 Å². The Balaban J connectivity index is 1.52. The van der Waals surface area contributed by atoms with Gasteiger partial charge in [0, 0.05) is 36.1 Å². The molecule has 4 heterocycles. The second-order valence-corrected chi connectivity index (χ2v) is 7.08. The maximum Gasteiger partial charge on any atom is 0.267 e. The highest BCUT2D eigenvalue weighted by Crippen LogP contribution is 2.27. The number of pyridine rings is 2. The van der Waals surface area contributed by atoms with Crippen molar-refractivity contribution < 1.29 is 9.26 Å². The second-order valence-electron chi connectivity index (χ2n) is 7.08. The lowest BCUT2D eigenvalue weighted by molar-refractivity contribution is 0.189. The van der Waals surface area contributed by atoms with E-state index >= 15 is 0 Å². The van der Waals surface area contributed by atoms with E-state index in [9.17, 15) is 4.79 Å². The van der Waals surface area contributed by atoms with Gasteiger partial charge in [-0.2, -0.15) is 4.98 Å². The summed E-state index contributed by atoms with van der Waals surface area (Å²) in [6, 6.07) is 11.0. The number of anilines is 2. The van der Waals surface area contributed by atoms with Crippen LogP contribution in [-0.2, 0) is 4.74 Å². The van der Waals surface area contributed by atoms with Crippen molar-refractivity contribution in [3.63, 3.8) is 0 Å².